The second-order valence-electron chi connectivity index (χ2n) is 6.19. The lowest BCUT2D eigenvalue weighted by Crippen LogP contribution is -2.12. The Bertz CT molecular complexity index is 1030. The van der Waals surface area contributed by atoms with Crippen molar-refractivity contribution in [1.82, 2.24) is 9.97 Å². The molecule has 0 radical (unpaired) electrons. The molecule has 0 aliphatic rings. The van der Waals surface area contributed by atoms with Crippen LogP contribution in [0.15, 0.2) is 59.5 Å². The summed E-state index contributed by atoms with van der Waals surface area (Å²) >= 11 is 0. The molecule has 1 heterocycles. The first-order valence-corrected chi connectivity index (χ1v) is 10.3. The molecule has 8 heteroatoms. The summed E-state index contributed by atoms with van der Waals surface area (Å²) in [6, 6.07) is 15.1. The Morgan fingerprint density at radius 2 is 1.46 bits per heavy atom. The van der Waals surface area contributed by atoms with Gasteiger partial charge in [-0.1, -0.05) is 0 Å². The Morgan fingerprint density at radius 3 is 2.04 bits per heavy atom. The fourth-order valence-corrected chi connectivity index (χ4v) is 3.69. The number of ether oxygens (including phenoxy) is 1. The number of nitrogens with one attached hydrogen (secondary N) is 2. The number of benzene rings is 2. The van der Waals surface area contributed by atoms with Gasteiger partial charge in [-0.2, -0.15) is 0 Å². The standard InChI is InChI=1S/C20H22N4O3S/c1-4-27-18-9-11-19(12-10-18)28(25,26)24-17-7-5-16(6-8-17)23-20-21-14(2)13-15(3)22-20/h5-13,24H,4H2,1-3H3,(H,21,22,23). The van der Waals surface area contributed by atoms with E-state index in [-0.39, 0.29) is 4.90 Å². The van der Waals surface area contributed by atoms with E-state index in [9.17, 15) is 8.42 Å². The number of rotatable bonds is 7. The summed E-state index contributed by atoms with van der Waals surface area (Å²) in [5.41, 5.74) is 2.96. The number of nitrogens with zero attached hydrogens (tertiary/aromatic N) is 2. The Labute approximate surface area is 164 Å². The van der Waals surface area contributed by atoms with Gasteiger partial charge in [-0.05, 0) is 75.4 Å². The van der Waals surface area contributed by atoms with E-state index in [4.69, 9.17) is 4.74 Å². The zero-order chi connectivity index (χ0) is 20.1. The first kappa shape index (κ1) is 19.6. The molecule has 0 amide bonds. The monoisotopic (exact) mass is 398 g/mol. The lowest BCUT2D eigenvalue weighted by atomic mass is 10.3. The fourth-order valence-electron chi connectivity index (χ4n) is 2.63. The number of sulfonamides is 1. The number of hydrogen-bond acceptors (Lipinski definition) is 6. The van der Waals surface area contributed by atoms with Gasteiger partial charge in [0.05, 0.1) is 11.5 Å². The Morgan fingerprint density at radius 1 is 0.893 bits per heavy atom. The van der Waals surface area contributed by atoms with E-state index in [0.29, 0.717) is 24.0 Å². The maximum Gasteiger partial charge on any atom is 0.261 e. The predicted octanol–water partition coefficient (Wildman–Crippen LogP) is 4.04. The fraction of sp³-hybridized carbons (Fsp3) is 0.200. The molecule has 2 aromatic carbocycles. The molecule has 0 aliphatic heterocycles. The van der Waals surface area contributed by atoms with Crippen molar-refractivity contribution in [2.75, 3.05) is 16.6 Å². The molecule has 0 saturated carbocycles. The third-order valence-corrected chi connectivity index (χ3v) is 5.22. The summed E-state index contributed by atoms with van der Waals surface area (Å²) in [6.07, 6.45) is 0. The normalized spacial score (nSPS) is 11.1. The van der Waals surface area contributed by atoms with Crippen LogP contribution < -0.4 is 14.8 Å². The minimum atomic E-state index is -3.68. The van der Waals surface area contributed by atoms with Crippen LogP contribution >= 0.6 is 0 Å². The van der Waals surface area contributed by atoms with Crippen molar-refractivity contribution in [3.05, 3.63) is 66.0 Å². The Hall–Kier alpha value is -3.13. The van der Waals surface area contributed by atoms with E-state index in [1.165, 1.54) is 12.1 Å². The molecule has 7 nitrogen and oxygen atoms in total. The summed E-state index contributed by atoms with van der Waals surface area (Å²) in [4.78, 5) is 8.82. The molecule has 1 aromatic heterocycles. The molecule has 0 unspecified atom stereocenters. The molecule has 0 saturated heterocycles. The highest BCUT2D eigenvalue weighted by Gasteiger charge is 2.14. The molecular weight excluding hydrogens is 376 g/mol. The van der Waals surface area contributed by atoms with E-state index in [1.54, 1.807) is 36.4 Å². The smallest absolute Gasteiger partial charge is 0.261 e. The van der Waals surface area contributed by atoms with Gasteiger partial charge in [0.1, 0.15) is 5.75 Å². The van der Waals surface area contributed by atoms with Gasteiger partial charge in [0.25, 0.3) is 10.0 Å². The molecular formula is C20H22N4O3S. The van der Waals surface area contributed by atoms with Gasteiger partial charge in [-0.15, -0.1) is 0 Å². The average molecular weight is 398 g/mol. The van der Waals surface area contributed by atoms with Gasteiger partial charge in [-0.25, -0.2) is 18.4 Å². The summed E-state index contributed by atoms with van der Waals surface area (Å²) < 4.78 is 33.0. The van der Waals surface area contributed by atoms with Crippen LogP contribution in [0.25, 0.3) is 0 Å². The van der Waals surface area contributed by atoms with Crippen molar-refractivity contribution in [2.24, 2.45) is 0 Å². The van der Waals surface area contributed by atoms with E-state index in [1.807, 2.05) is 26.8 Å². The van der Waals surface area contributed by atoms with E-state index in [2.05, 4.69) is 20.0 Å². The molecule has 3 rings (SSSR count). The highest BCUT2D eigenvalue weighted by molar-refractivity contribution is 7.92. The zero-order valence-corrected chi connectivity index (χ0v) is 16.7. The first-order valence-electron chi connectivity index (χ1n) is 8.81. The lowest BCUT2D eigenvalue weighted by Gasteiger charge is -2.11. The van der Waals surface area contributed by atoms with Gasteiger partial charge >= 0.3 is 0 Å². The molecule has 0 fully saturated rings. The van der Waals surface area contributed by atoms with Crippen LogP contribution in [0.2, 0.25) is 0 Å². The maximum atomic E-state index is 12.5. The second kappa shape index (κ2) is 8.26. The maximum absolute atomic E-state index is 12.5. The largest absolute Gasteiger partial charge is 0.494 e. The molecule has 3 aromatic rings. The van der Waals surface area contributed by atoms with Gasteiger partial charge < -0.3 is 10.1 Å². The Kier molecular flexibility index (Phi) is 5.79. The number of hydrogen-bond donors (Lipinski definition) is 2. The van der Waals surface area contributed by atoms with E-state index in [0.717, 1.165) is 17.1 Å². The van der Waals surface area contributed by atoms with Gasteiger partial charge in [0.15, 0.2) is 0 Å². The van der Waals surface area contributed by atoms with Crippen LogP contribution in [0.1, 0.15) is 18.3 Å². The molecule has 2 N–H and O–H groups in total. The van der Waals surface area contributed by atoms with Crippen LogP contribution in [0.5, 0.6) is 5.75 Å². The minimum Gasteiger partial charge on any atom is -0.494 e. The molecule has 146 valence electrons. The van der Waals surface area contributed by atoms with Gasteiger partial charge in [-0.3, -0.25) is 4.72 Å². The molecule has 0 bridgehead atoms. The van der Waals surface area contributed by atoms with E-state index < -0.39 is 10.0 Å². The average Bonchev–Trinajstić information content (AvgIpc) is 2.63. The van der Waals surface area contributed by atoms with Crippen molar-refractivity contribution in [3.63, 3.8) is 0 Å². The second-order valence-corrected chi connectivity index (χ2v) is 7.87. The van der Waals surface area contributed by atoms with Crippen molar-refractivity contribution in [3.8, 4) is 5.75 Å². The number of aromatic nitrogens is 2. The predicted molar refractivity (Wildman–Crippen MR) is 110 cm³/mol. The summed E-state index contributed by atoms with van der Waals surface area (Å²) in [5, 5.41) is 3.11. The highest BCUT2D eigenvalue weighted by atomic mass is 32.2. The van der Waals surface area contributed by atoms with Crippen molar-refractivity contribution < 1.29 is 13.2 Å². The zero-order valence-electron chi connectivity index (χ0n) is 15.9. The molecule has 0 atom stereocenters. The van der Waals surface area contributed by atoms with Gasteiger partial charge in [0.2, 0.25) is 5.95 Å². The number of anilines is 3. The highest BCUT2D eigenvalue weighted by Crippen LogP contribution is 2.21. The quantitative estimate of drug-likeness (QED) is 0.624. The van der Waals surface area contributed by atoms with Crippen molar-refractivity contribution in [1.29, 1.82) is 0 Å². The van der Waals surface area contributed by atoms with Crippen molar-refractivity contribution >= 4 is 27.3 Å². The Balaban J connectivity index is 1.70. The molecule has 0 aliphatic carbocycles. The van der Waals surface area contributed by atoms with Crippen LogP contribution in [-0.4, -0.2) is 25.0 Å². The third kappa shape index (κ3) is 4.98. The number of aryl methyl sites for hydroxylation is 2. The summed E-state index contributed by atoms with van der Waals surface area (Å²) in [6.45, 7) is 6.20. The first-order chi connectivity index (χ1) is 13.4. The summed E-state index contributed by atoms with van der Waals surface area (Å²) in [7, 11) is -3.68. The van der Waals surface area contributed by atoms with Crippen LogP contribution in [0, 0.1) is 13.8 Å². The van der Waals surface area contributed by atoms with Crippen molar-refractivity contribution in [2.45, 2.75) is 25.7 Å². The minimum absolute atomic E-state index is 0.168. The SMILES string of the molecule is CCOc1ccc(S(=O)(=O)Nc2ccc(Nc3nc(C)cc(C)n3)cc2)cc1. The molecule has 0 spiro atoms. The molecule has 28 heavy (non-hydrogen) atoms. The van der Waals surface area contributed by atoms with Gasteiger partial charge in [0, 0.05) is 22.8 Å². The van der Waals surface area contributed by atoms with E-state index >= 15 is 0 Å². The van der Waals surface area contributed by atoms with Crippen LogP contribution in [0.3, 0.4) is 0 Å². The van der Waals surface area contributed by atoms with Crippen LogP contribution in [-0.2, 0) is 10.0 Å². The van der Waals surface area contributed by atoms with Crippen LogP contribution in [0.4, 0.5) is 17.3 Å². The summed E-state index contributed by atoms with van der Waals surface area (Å²) in [5.74, 6) is 1.13. The lowest BCUT2D eigenvalue weighted by molar-refractivity contribution is 0.340. The third-order valence-electron chi connectivity index (χ3n) is 3.82. The topological polar surface area (TPSA) is 93.2 Å².